The number of hydrogen-bond donors (Lipinski definition) is 3. The smallest absolute Gasteiger partial charge is 0.251 e. The zero-order valence-corrected chi connectivity index (χ0v) is 9.99. The van der Waals surface area contributed by atoms with Gasteiger partial charge in [-0.3, -0.25) is 9.59 Å². The summed E-state index contributed by atoms with van der Waals surface area (Å²) in [4.78, 5) is 22.3. The van der Waals surface area contributed by atoms with E-state index in [9.17, 15) is 9.59 Å². The lowest BCUT2D eigenvalue weighted by Gasteiger charge is -2.10. The summed E-state index contributed by atoms with van der Waals surface area (Å²) in [5, 5.41) is 12.0. The molecule has 1 rings (SSSR count). The van der Waals surface area contributed by atoms with Gasteiger partial charge in [-0.05, 0) is 24.6 Å². The van der Waals surface area contributed by atoms with Crippen molar-refractivity contribution in [1.29, 1.82) is 0 Å². The highest BCUT2D eigenvalue weighted by molar-refractivity contribution is 6.31. The van der Waals surface area contributed by atoms with Gasteiger partial charge in [0.2, 0.25) is 5.91 Å². The summed E-state index contributed by atoms with van der Waals surface area (Å²) in [5.74, 6) is -1.29. The highest BCUT2D eigenvalue weighted by atomic mass is 35.5. The molecule has 92 valence electrons. The Hall–Kier alpha value is -1.59. The average molecular weight is 257 g/mol. The molecule has 5 nitrogen and oxygen atoms in total. The van der Waals surface area contributed by atoms with E-state index in [4.69, 9.17) is 22.4 Å². The summed E-state index contributed by atoms with van der Waals surface area (Å²) >= 11 is 5.77. The van der Waals surface area contributed by atoms with Gasteiger partial charge in [-0.2, -0.15) is 0 Å². The number of hydrogen-bond acceptors (Lipinski definition) is 3. The third-order valence-corrected chi connectivity index (χ3v) is 2.46. The van der Waals surface area contributed by atoms with Gasteiger partial charge in [0.15, 0.2) is 0 Å². The molecule has 0 spiro atoms. The molecule has 0 radical (unpaired) electrons. The molecule has 0 bridgehead atoms. The van der Waals surface area contributed by atoms with Crippen molar-refractivity contribution in [2.45, 2.75) is 13.0 Å². The Morgan fingerprint density at radius 1 is 1.53 bits per heavy atom. The zero-order valence-electron chi connectivity index (χ0n) is 9.24. The van der Waals surface area contributed by atoms with Gasteiger partial charge >= 0.3 is 0 Å². The van der Waals surface area contributed by atoms with Crippen LogP contribution in [0.3, 0.4) is 0 Å². The number of halogens is 1. The van der Waals surface area contributed by atoms with E-state index in [1.807, 2.05) is 0 Å². The maximum Gasteiger partial charge on any atom is 0.251 e. The fourth-order valence-corrected chi connectivity index (χ4v) is 1.40. The molecule has 0 aromatic heterocycles. The van der Waals surface area contributed by atoms with E-state index in [-0.39, 0.29) is 6.54 Å². The predicted molar refractivity (Wildman–Crippen MR) is 63.7 cm³/mol. The standard InChI is InChI=1S/C11H13ClN2O3/c1-6-2-3-7(12)4-8(6)11(17)14-5-9(15)10(13)16/h2-4,9,15H,5H2,1H3,(H2,13,16)(H,14,17). The zero-order chi connectivity index (χ0) is 13.0. The number of aliphatic hydroxyl groups excluding tert-OH is 1. The van der Waals surface area contributed by atoms with E-state index in [1.54, 1.807) is 19.1 Å². The Balaban J connectivity index is 2.70. The summed E-state index contributed by atoms with van der Waals surface area (Å²) in [5.41, 5.74) is 6.00. The van der Waals surface area contributed by atoms with Crippen molar-refractivity contribution in [2.24, 2.45) is 5.73 Å². The first-order valence-electron chi connectivity index (χ1n) is 4.93. The van der Waals surface area contributed by atoms with E-state index in [0.29, 0.717) is 10.6 Å². The Bertz CT molecular complexity index is 448. The largest absolute Gasteiger partial charge is 0.381 e. The van der Waals surface area contributed by atoms with Gasteiger partial charge in [0.25, 0.3) is 5.91 Å². The van der Waals surface area contributed by atoms with Crippen LogP contribution in [0, 0.1) is 6.92 Å². The van der Waals surface area contributed by atoms with Crippen molar-refractivity contribution in [3.05, 3.63) is 34.3 Å². The van der Waals surface area contributed by atoms with Crippen LogP contribution in [0.1, 0.15) is 15.9 Å². The van der Waals surface area contributed by atoms with Gasteiger partial charge in [0, 0.05) is 10.6 Å². The van der Waals surface area contributed by atoms with Crippen molar-refractivity contribution in [3.63, 3.8) is 0 Å². The second kappa shape index (κ2) is 5.65. The molecule has 1 aromatic carbocycles. The number of carbonyl (C=O) groups is 2. The van der Waals surface area contributed by atoms with E-state index in [1.165, 1.54) is 6.07 Å². The molecule has 0 saturated heterocycles. The molecule has 17 heavy (non-hydrogen) atoms. The van der Waals surface area contributed by atoms with Crippen LogP contribution >= 0.6 is 11.6 Å². The molecule has 0 aliphatic rings. The van der Waals surface area contributed by atoms with Crippen molar-refractivity contribution in [3.8, 4) is 0 Å². The van der Waals surface area contributed by atoms with E-state index in [0.717, 1.165) is 5.56 Å². The van der Waals surface area contributed by atoms with Crippen LogP contribution in [0.2, 0.25) is 5.02 Å². The first-order valence-corrected chi connectivity index (χ1v) is 5.31. The van der Waals surface area contributed by atoms with Gasteiger partial charge in [0.05, 0.1) is 6.54 Å². The number of rotatable bonds is 4. The number of primary amides is 1. The molecule has 1 unspecified atom stereocenters. The average Bonchev–Trinajstić information content (AvgIpc) is 2.28. The van der Waals surface area contributed by atoms with Crippen LogP contribution in [0.15, 0.2) is 18.2 Å². The van der Waals surface area contributed by atoms with Gasteiger partial charge in [-0.1, -0.05) is 17.7 Å². The van der Waals surface area contributed by atoms with Crippen LogP contribution in [0.4, 0.5) is 0 Å². The number of amides is 2. The van der Waals surface area contributed by atoms with Crippen molar-refractivity contribution in [1.82, 2.24) is 5.32 Å². The molecule has 0 fully saturated rings. The Morgan fingerprint density at radius 3 is 2.76 bits per heavy atom. The monoisotopic (exact) mass is 256 g/mol. The number of nitrogens with two attached hydrogens (primary N) is 1. The molecule has 0 aliphatic heterocycles. The minimum atomic E-state index is -1.39. The topological polar surface area (TPSA) is 92.4 Å². The summed E-state index contributed by atoms with van der Waals surface area (Å²) in [7, 11) is 0. The van der Waals surface area contributed by atoms with E-state index in [2.05, 4.69) is 5.32 Å². The van der Waals surface area contributed by atoms with Crippen molar-refractivity contribution in [2.75, 3.05) is 6.54 Å². The molecule has 0 saturated carbocycles. The Labute approximate surface area is 104 Å². The molecule has 2 amide bonds. The van der Waals surface area contributed by atoms with Crippen LogP contribution in [0.25, 0.3) is 0 Å². The molecular formula is C11H13ClN2O3. The highest BCUT2D eigenvalue weighted by Crippen LogP contribution is 2.15. The fourth-order valence-electron chi connectivity index (χ4n) is 1.22. The number of aliphatic hydroxyl groups is 1. The van der Waals surface area contributed by atoms with Crippen molar-refractivity contribution >= 4 is 23.4 Å². The van der Waals surface area contributed by atoms with Crippen LogP contribution in [-0.2, 0) is 4.79 Å². The van der Waals surface area contributed by atoms with Crippen molar-refractivity contribution < 1.29 is 14.7 Å². The fraction of sp³-hybridized carbons (Fsp3) is 0.273. The number of aryl methyl sites for hydroxylation is 1. The number of carbonyl (C=O) groups excluding carboxylic acids is 2. The lowest BCUT2D eigenvalue weighted by atomic mass is 10.1. The molecule has 1 aromatic rings. The number of nitrogens with one attached hydrogen (secondary N) is 1. The quantitative estimate of drug-likeness (QED) is 0.720. The highest BCUT2D eigenvalue weighted by Gasteiger charge is 2.14. The summed E-state index contributed by atoms with van der Waals surface area (Å²) < 4.78 is 0. The second-order valence-electron chi connectivity index (χ2n) is 3.59. The van der Waals surface area contributed by atoms with Crippen LogP contribution in [-0.4, -0.2) is 29.6 Å². The van der Waals surface area contributed by atoms with Gasteiger partial charge in [0.1, 0.15) is 6.10 Å². The Kier molecular flexibility index (Phi) is 4.48. The minimum absolute atomic E-state index is 0.222. The molecular weight excluding hydrogens is 244 g/mol. The molecule has 6 heteroatoms. The molecule has 0 aliphatic carbocycles. The lowest BCUT2D eigenvalue weighted by molar-refractivity contribution is -0.125. The predicted octanol–water partition coefficient (Wildman–Crippen LogP) is 0.224. The first kappa shape index (κ1) is 13.5. The maximum absolute atomic E-state index is 11.7. The Morgan fingerprint density at radius 2 is 2.18 bits per heavy atom. The van der Waals surface area contributed by atoms with Crippen LogP contribution < -0.4 is 11.1 Å². The maximum atomic E-state index is 11.7. The van der Waals surface area contributed by atoms with E-state index < -0.39 is 17.9 Å². The second-order valence-corrected chi connectivity index (χ2v) is 4.02. The van der Waals surface area contributed by atoms with Crippen LogP contribution in [0.5, 0.6) is 0 Å². The minimum Gasteiger partial charge on any atom is -0.381 e. The third kappa shape index (κ3) is 3.72. The van der Waals surface area contributed by atoms with Gasteiger partial charge in [-0.25, -0.2) is 0 Å². The summed E-state index contributed by atoms with van der Waals surface area (Å²) in [6, 6.07) is 4.90. The van der Waals surface area contributed by atoms with Gasteiger partial charge < -0.3 is 16.2 Å². The van der Waals surface area contributed by atoms with Gasteiger partial charge in [-0.15, -0.1) is 0 Å². The lowest BCUT2D eigenvalue weighted by Crippen LogP contribution is -2.40. The normalized spacial score (nSPS) is 11.9. The summed E-state index contributed by atoms with van der Waals surface area (Å²) in [6.45, 7) is 1.54. The molecule has 1 atom stereocenters. The third-order valence-electron chi connectivity index (χ3n) is 2.23. The molecule has 0 heterocycles. The summed E-state index contributed by atoms with van der Waals surface area (Å²) in [6.07, 6.45) is -1.39. The SMILES string of the molecule is Cc1ccc(Cl)cc1C(=O)NCC(O)C(N)=O. The van der Waals surface area contributed by atoms with E-state index >= 15 is 0 Å². The molecule has 4 N–H and O–H groups in total. The number of benzene rings is 1. The first-order chi connectivity index (χ1) is 7.91.